The van der Waals surface area contributed by atoms with Crippen LogP contribution in [0.3, 0.4) is 0 Å². The summed E-state index contributed by atoms with van der Waals surface area (Å²) in [6.45, 7) is 1.75. The summed E-state index contributed by atoms with van der Waals surface area (Å²) in [7, 11) is 0. The van der Waals surface area contributed by atoms with Crippen LogP contribution in [0.2, 0.25) is 0 Å². The van der Waals surface area contributed by atoms with Crippen LogP contribution in [0, 0.1) is 5.82 Å². The summed E-state index contributed by atoms with van der Waals surface area (Å²) in [6.07, 6.45) is -0.779. The molecule has 5 heteroatoms. The second kappa shape index (κ2) is 7.11. The van der Waals surface area contributed by atoms with Crippen LogP contribution in [-0.4, -0.2) is 17.6 Å². The topological polar surface area (TPSA) is 49.3 Å². The van der Waals surface area contributed by atoms with Crippen LogP contribution in [-0.2, 0) is 4.79 Å². The molecule has 0 fully saturated rings. The monoisotopic (exact) mass is 343 g/mol. The fourth-order valence-electron chi connectivity index (χ4n) is 2.59. The third kappa shape index (κ3) is 3.47. The van der Waals surface area contributed by atoms with Crippen molar-refractivity contribution in [2.75, 3.05) is 6.54 Å². The zero-order valence-corrected chi connectivity index (χ0v) is 14.0. The average molecular weight is 343 g/mol. The summed E-state index contributed by atoms with van der Waals surface area (Å²) in [5, 5.41) is 14.1. The van der Waals surface area contributed by atoms with E-state index in [4.69, 9.17) is 0 Å². The zero-order valence-electron chi connectivity index (χ0n) is 13.2. The number of halogens is 1. The Balaban J connectivity index is 1.64. The Labute approximate surface area is 143 Å². The first-order chi connectivity index (χ1) is 11.6. The highest BCUT2D eigenvalue weighted by molar-refractivity contribution is 7.19. The Morgan fingerprint density at radius 2 is 1.92 bits per heavy atom. The van der Waals surface area contributed by atoms with Gasteiger partial charge in [-0.15, -0.1) is 11.3 Å². The van der Waals surface area contributed by atoms with Gasteiger partial charge in [0, 0.05) is 16.1 Å². The maximum atomic E-state index is 13.8. The van der Waals surface area contributed by atoms with E-state index in [2.05, 4.69) is 5.32 Å². The van der Waals surface area contributed by atoms with E-state index in [0.29, 0.717) is 5.56 Å². The maximum absolute atomic E-state index is 13.8. The normalized spacial score (nSPS) is 13.6. The van der Waals surface area contributed by atoms with E-state index in [0.717, 1.165) is 15.0 Å². The Morgan fingerprint density at radius 1 is 1.21 bits per heavy atom. The second-order valence-corrected chi connectivity index (χ2v) is 6.81. The van der Waals surface area contributed by atoms with Gasteiger partial charge in [-0.2, -0.15) is 0 Å². The van der Waals surface area contributed by atoms with Crippen LogP contribution >= 0.6 is 11.3 Å². The number of thiophene rings is 1. The number of aliphatic hydroxyl groups excluding tert-OH is 1. The van der Waals surface area contributed by atoms with E-state index in [1.54, 1.807) is 25.1 Å². The third-order valence-electron chi connectivity index (χ3n) is 4.01. The lowest BCUT2D eigenvalue weighted by atomic mass is 10.00. The van der Waals surface area contributed by atoms with E-state index < -0.39 is 17.8 Å². The van der Waals surface area contributed by atoms with Gasteiger partial charge in [-0.1, -0.05) is 36.4 Å². The second-order valence-electron chi connectivity index (χ2n) is 5.69. The lowest BCUT2D eigenvalue weighted by molar-refractivity contribution is -0.122. The molecule has 0 aliphatic heterocycles. The van der Waals surface area contributed by atoms with Gasteiger partial charge in [-0.3, -0.25) is 4.79 Å². The Kier molecular flexibility index (Phi) is 4.92. The maximum Gasteiger partial charge on any atom is 0.227 e. The number of hydrogen-bond donors (Lipinski definition) is 2. The molecule has 1 heterocycles. The SMILES string of the molecule is CC(C(=O)NCC(O)c1cc2ccccc2s1)c1ccccc1F. The van der Waals surface area contributed by atoms with Crippen LogP contribution in [0.5, 0.6) is 0 Å². The van der Waals surface area contributed by atoms with E-state index in [1.165, 1.54) is 17.4 Å². The molecule has 0 saturated carbocycles. The number of benzene rings is 2. The minimum Gasteiger partial charge on any atom is -0.386 e. The molecule has 2 unspecified atom stereocenters. The molecular weight excluding hydrogens is 325 g/mol. The average Bonchev–Trinajstić information content (AvgIpc) is 3.03. The number of amides is 1. The lowest BCUT2D eigenvalue weighted by Gasteiger charge is -2.15. The predicted molar refractivity (Wildman–Crippen MR) is 94.6 cm³/mol. The molecule has 0 spiro atoms. The molecule has 1 aromatic heterocycles. The van der Waals surface area contributed by atoms with Crippen molar-refractivity contribution in [2.45, 2.75) is 18.9 Å². The fraction of sp³-hybridized carbons (Fsp3) is 0.211. The molecule has 3 aromatic rings. The Hall–Kier alpha value is -2.24. The molecule has 3 nitrogen and oxygen atoms in total. The van der Waals surface area contributed by atoms with Gasteiger partial charge in [0.1, 0.15) is 11.9 Å². The van der Waals surface area contributed by atoms with Crippen molar-refractivity contribution in [3.8, 4) is 0 Å². The van der Waals surface area contributed by atoms with Gasteiger partial charge < -0.3 is 10.4 Å². The summed E-state index contributed by atoms with van der Waals surface area (Å²) in [6, 6.07) is 16.0. The highest BCUT2D eigenvalue weighted by atomic mass is 32.1. The molecule has 124 valence electrons. The molecule has 0 bridgehead atoms. The van der Waals surface area contributed by atoms with Gasteiger partial charge in [0.2, 0.25) is 5.91 Å². The highest BCUT2D eigenvalue weighted by Crippen LogP contribution is 2.29. The van der Waals surface area contributed by atoms with E-state index in [1.807, 2.05) is 30.3 Å². The number of carbonyl (C=O) groups is 1. The molecule has 0 saturated heterocycles. The van der Waals surface area contributed by atoms with Gasteiger partial charge in [0.15, 0.2) is 0 Å². The van der Waals surface area contributed by atoms with Gasteiger partial charge in [0.25, 0.3) is 0 Å². The Bertz CT molecular complexity index is 828. The van der Waals surface area contributed by atoms with Crippen LogP contribution in [0.25, 0.3) is 10.1 Å². The van der Waals surface area contributed by atoms with Crippen molar-refractivity contribution < 1.29 is 14.3 Å². The number of nitrogens with one attached hydrogen (secondary N) is 1. The van der Waals surface area contributed by atoms with Crippen molar-refractivity contribution in [1.82, 2.24) is 5.32 Å². The molecule has 1 amide bonds. The van der Waals surface area contributed by atoms with Gasteiger partial charge >= 0.3 is 0 Å². The molecule has 24 heavy (non-hydrogen) atoms. The van der Waals surface area contributed by atoms with E-state index in [-0.39, 0.29) is 12.5 Å². The predicted octanol–water partition coefficient (Wildman–Crippen LogP) is 3.99. The van der Waals surface area contributed by atoms with Gasteiger partial charge in [-0.05, 0) is 36.1 Å². The Morgan fingerprint density at radius 3 is 2.67 bits per heavy atom. The summed E-state index contributed by atoms with van der Waals surface area (Å²) in [5.74, 6) is -1.31. The standard InChI is InChI=1S/C19H18FNO2S/c1-12(14-7-3-4-8-15(14)20)19(23)21-11-16(22)18-10-13-6-2-5-9-17(13)24-18/h2-10,12,16,22H,11H2,1H3,(H,21,23). The minimum absolute atomic E-state index is 0.102. The van der Waals surface area contributed by atoms with Crippen molar-refractivity contribution in [3.63, 3.8) is 0 Å². The zero-order chi connectivity index (χ0) is 17.1. The first-order valence-corrected chi connectivity index (χ1v) is 8.56. The largest absolute Gasteiger partial charge is 0.386 e. The van der Waals surface area contributed by atoms with Crippen LogP contribution < -0.4 is 5.32 Å². The van der Waals surface area contributed by atoms with Crippen molar-refractivity contribution in [2.24, 2.45) is 0 Å². The highest BCUT2D eigenvalue weighted by Gasteiger charge is 2.20. The van der Waals surface area contributed by atoms with Crippen LogP contribution in [0.15, 0.2) is 54.6 Å². The van der Waals surface area contributed by atoms with E-state index >= 15 is 0 Å². The molecule has 2 N–H and O–H groups in total. The molecular formula is C19H18FNO2S. The van der Waals surface area contributed by atoms with Crippen molar-refractivity contribution >= 4 is 27.3 Å². The molecule has 3 rings (SSSR count). The smallest absolute Gasteiger partial charge is 0.227 e. The van der Waals surface area contributed by atoms with Crippen molar-refractivity contribution in [1.29, 1.82) is 0 Å². The third-order valence-corrected chi connectivity index (χ3v) is 5.22. The molecule has 2 atom stereocenters. The van der Waals surface area contributed by atoms with E-state index in [9.17, 15) is 14.3 Å². The summed E-state index contributed by atoms with van der Waals surface area (Å²) in [5.41, 5.74) is 0.353. The van der Waals surface area contributed by atoms with Crippen LogP contribution in [0.4, 0.5) is 4.39 Å². The number of carbonyl (C=O) groups excluding carboxylic acids is 1. The summed E-state index contributed by atoms with van der Waals surface area (Å²) in [4.78, 5) is 13.0. The molecule has 0 aliphatic rings. The minimum atomic E-state index is -0.779. The van der Waals surface area contributed by atoms with Gasteiger partial charge in [0.05, 0.1) is 5.92 Å². The number of aliphatic hydroxyl groups is 1. The summed E-state index contributed by atoms with van der Waals surface area (Å²) >= 11 is 1.50. The van der Waals surface area contributed by atoms with Gasteiger partial charge in [-0.25, -0.2) is 4.39 Å². The lowest BCUT2D eigenvalue weighted by Crippen LogP contribution is -2.31. The molecule has 0 radical (unpaired) electrons. The number of rotatable bonds is 5. The van der Waals surface area contributed by atoms with Crippen LogP contribution in [0.1, 0.15) is 29.4 Å². The molecule has 0 aliphatic carbocycles. The number of fused-ring (bicyclic) bond motifs is 1. The molecule has 2 aromatic carbocycles. The first-order valence-electron chi connectivity index (χ1n) is 7.75. The summed E-state index contributed by atoms with van der Waals surface area (Å²) < 4.78 is 14.8. The number of hydrogen-bond acceptors (Lipinski definition) is 3. The fourth-order valence-corrected chi connectivity index (χ4v) is 3.64. The van der Waals surface area contributed by atoms with Crippen molar-refractivity contribution in [3.05, 3.63) is 70.9 Å². The quantitative estimate of drug-likeness (QED) is 0.736. The first kappa shape index (κ1) is 16.6.